The first-order chi connectivity index (χ1) is 9.60. The zero-order valence-electron chi connectivity index (χ0n) is 12.6. The number of halogens is 1. The van der Waals surface area contributed by atoms with E-state index in [2.05, 4.69) is 34.9 Å². The highest BCUT2D eigenvalue weighted by molar-refractivity contribution is 6.31. The van der Waals surface area contributed by atoms with Crippen LogP contribution in [0.4, 0.5) is 5.69 Å². The molecule has 112 valence electrons. The highest BCUT2D eigenvalue weighted by Gasteiger charge is 2.17. The number of piperazine rings is 1. The Morgan fingerprint density at radius 3 is 2.50 bits per heavy atom. The highest BCUT2D eigenvalue weighted by atomic mass is 35.5. The summed E-state index contributed by atoms with van der Waals surface area (Å²) in [5, 5.41) is 0.843. The number of rotatable bonds is 5. The van der Waals surface area contributed by atoms with E-state index >= 15 is 0 Å². The first-order valence-corrected chi connectivity index (χ1v) is 7.99. The van der Waals surface area contributed by atoms with Gasteiger partial charge in [0, 0.05) is 42.9 Å². The molecule has 1 aliphatic rings. The maximum Gasteiger partial charge on any atom is 0.0459 e. The number of anilines is 1. The van der Waals surface area contributed by atoms with E-state index in [1.54, 1.807) is 0 Å². The van der Waals surface area contributed by atoms with E-state index in [0.717, 1.165) is 43.2 Å². The second-order valence-electron chi connectivity index (χ2n) is 5.79. The van der Waals surface area contributed by atoms with Crippen molar-refractivity contribution in [2.45, 2.75) is 32.7 Å². The summed E-state index contributed by atoms with van der Waals surface area (Å²) in [5.41, 5.74) is 8.23. The van der Waals surface area contributed by atoms with Gasteiger partial charge in [-0.15, -0.1) is 0 Å². The van der Waals surface area contributed by atoms with Gasteiger partial charge in [-0.3, -0.25) is 4.90 Å². The van der Waals surface area contributed by atoms with Gasteiger partial charge < -0.3 is 10.6 Å². The molecule has 1 fully saturated rings. The van der Waals surface area contributed by atoms with Crippen LogP contribution < -0.4 is 10.6 Å². The van der Waals surface area contributed by atoms with Gasteiger partial charge in [0.15, 0.2) is 0 Å². The molecule has 0 bridgehead atoms. The molecule has 3 nitrogen and oxygen atoms in total. The summed E-state index contributed by atoms with van der Waals surface area (Å²) in [4.78, 5) is 4.95. The van der Waals surface area contributed by atoms with Gasteiger partial charge in [0.2, 0.25) is 0 Å². The Bertz CT molecular complexity index is 426. The van der Waals surface area contributed by atoms with Crippen molar-refractivity contribution in [1.29, 1.82) is 0 Å². The molecule has 1 aromatic carbocycles. The number of benzene rings is 1. The molecule has 1 unspecified atom stereocenters. The fraction of sp³-hybridized carbons (Fsp3) is 0.625. The van der Waals surface area contributed by atoms with E-state index in [0.29, 0.717) is 0 Å². The van der Waals surface area contributed by atoms with Crippen LogP contribution in [-0.4, -0.2) is 43.7 Å². The van der Waals surface area contributed by atoms with Crippen molar-refractivity contribution in [3.63, 3.8) is 0 Å². The van der Waals surface area contributed by atoms with Crippen LogP contribution in [-0.2, 0) is 6.42 Å². The molecule has 2 rings (SSSR count). The number of nitrogens with zero attached hydrogens (tertiary/aromatic N) is 2. The van der Waals surface area contributed by atoms with Gasteiger partial charge in [0.25, 0.3) is 0 Å². The lowest BCUT2D eigenvalue weighted by Crippen LogP contribution is -2.46. The van der Waals surface area contributed by atoms with Crippen LogP contribution in [0.15, 0.2) is 18.2 Å². The van der Waals surface area contributed by atoms with E-state index in [1.807, 2.05) is 6.92 Å². The summed E-state index contributed by atoms with van der Waals surface area (Å²) in [5.74, 6) is 0. The minimum Gasteiger partial charge on any atom is -0.369 e. The smallest absolute Gasteiger partial charge is 0.0459 e. The average Bonchev–Trinajstić information content (AvgIpc) is 2.42. The lowest BCUT2D eigenvalue weighted by atomic mass is 10.1. The number of nitrogens with two attached hydrogens (primary N) is 1. The molecule has 20 heavy (non-hydrogen) atoms. The minimum absolute atomic E-state index is 0.149. The zero-order chi connectivity index (χ0) is 14.5. The Labute approximate surface area is 127 Å². The van der Waals surface area contributed by atoms with Gasteiger partial charge in [-0.25, -0.2) is 0 Å². The lowest BCUT2D eigenvalue weighted by Gasteiger charge is -2.36. The topological polar surface area (TPSA) is 32.5 Å². The Hall–Kier alpha value is -0.770. The van der Waals surface area contributed by atoms with Crippen molar-refractivity contribution >= 4 is 17.3 Å². The third kappa shape index (κ3) is 4.11. The Morgan fingerprint density at radius 2 is 1.95 bits per heavy atom. The molecule has 0 amide bonds. The molecule has 1 heterocycles. The summed E-state index contributed by atoms with van der Waals surface area (Å²) < 4.78 is 0. The third-order valence-electron chi connectivity index (χ3n) is 3.86. The summed E-state index contributed by atoms with van der Waals surface area (Å²) in [6.45, 7) is 9.93. The normalized spacial score (nSPS) is 18.3. The zero-order valence-corrected chi connectivity index (χ0v) is 13.4. The Kier molecular flexibility index (Phi) is 5.70. The molecule has 0 radical (unpaired) electrons. The van der Waals surface area contributed by atoms with E-state index in [-0.39, 0.29) is 6.04 Å². The first-order valence-electron chi connectivity index (χ1n) is 7.61. The van der Waals surface area contributed by atoms with Gasteiger partial charge in [-0.1, -0.05) is 24.6 Å². The second-order valence-corrected chi connectivity index (χ2v) is 6.19. The van der Waals surface area contributed by atoms with Crippen LogP contribution in [0.5, 0.6) is 0 Å². The molecule has 4 heteroatoms. The van der Waals surface area contributed by atoms with Gasteiger partial charge in [0.1, 0.15) is 0 Å². The predicted octanol–water partition coefficient (Wildman–Crippen LogP) is 2.76. The number of hydrogen-bond acceptors (Lipinski definition) is 3. The number of hydrogen-bond donors (Lipinski definition) is 1. The quantitative estimate of drug-likeness (QED) is 0.907. The molecule has 2 N–H and O–H groups in total. The van der Waals surface area contributed by atoms with Crippen molar-refractivity contribution in [1.82, 2.24) is 4.90 Å². The predicted molar refractivity (Wildman–Crippen MR) is 87.7 cm³/mol. The van der Waals surface area contributed by atoms with E-state index in [1.165, 1.54) is 18.7 Å². The largest absolute Gasteiger partial charge is 0.369 e. The lowest BCUT2D eigenvalue weighted by molar-refractivity contribution is 0.258. The highest BCUT2D eigenvalue weighted by Crippen LogP contribution is 2.25. The maximum atomic E-state index is 6.38. The first kappa shape index (κ1) is 15.6. The van der Waals surface area contributed by atoms with Crippen molar-refractivity contribution in [3.8, 4) is 0 Å². The second kappa shape index (κ2) is 7.30. The minimum atomic E-state index is 0.149. The van der Waals surface area contributed by atoms with Crippen LogP contribution in [0.1, 0.15) is 25.8 Å². The van der Waals surface area contributed by atoms with Crippen LogP contribution >= 0.6 is 11.6 Å². The summed E-state index contributed by atoms with van der Waals surface area (Å²) in [6.07, 6.45) is 2.07. The van der Waals surface area contributed by atoms with Gasteiger partial charge in [-0.2, -0.15) is 0 Å². The molecule has 0 aliphatic carbocycles. The van der Waals surface area contributed by atoms with Crippen molar-refractivity contribution < 1.29 is 0 Å². The van der Waals surface area contributed by atoms with Crippen LogP contribution in [0.25, 0.3) is 0 Å². The fourth-order valence-electron chi connectivity index (χ4n) is 2.79. The van der Waals surface area contributed by atoms with Crippen LogP contribution in [0.3, 0.4) is 0 Å². The molecular weight excluding hydrogens is 270 g/mol. The summed E-state index contributed by atoms with van der Waals surface area (Å²) >= 11 is 6.38. The van der Waals surface area contributed by atoms with E-state index in [9.17, 15) is 0 Å². The molecular formula is C16H26ClN3. The van der Waals surface area contributed by atoms with Crippen molar-refractivity contribution in [2.75, 3.05) is 37.6 Å². The monoisotopic (exact) mass is 295 g/mol. The fourth-order valence-corrected chi connectivity index (χ4v) is 3.04. The molecule has 1 aromatic rings. The maximum absolute atomic E-state index is 6.38. The SMILES string of the molecule is CCCN1CCN(c2ccc(CC(C)N)c(Cl)c2)CC1. The summed E-state index contributed by atoms with van der Waals surface area (Å²) in [6, 6.07) is 6.55. The Morgan fingerprint density at radius 1 is 1.25 bits per heavy atom. The standard InChI is InChI=1S/C16H26ClN3/c1-3-6-19-7-9-20(10-8-19)15-5-4-14(11-13(2)18)16(17)12-15/h4-5,12-13H,3,6-11,18H2,1-2H3. The van der Waals surface area contributed by atoms with Crippen LogP contribution in [0, 0.1) is 0 Å². The van der Waals surface area contributed by atoms with Crippen molar-refractivity contribution in [3.05, 3.63) is 28.8 Å². The molecule has 1 aliphatic heterocycles. The molecule has 1 saturated heterocycles. The van der Waals surface area contributed by atoms with Gasteiger partial charge in [-0.05, 0) is 44.0 Å². The Balaban J connectivity index is 1.98. The molecule has 0 aromatic heterocycles. The van der Waals surface area contributed by atoms with Gasteiger partial charge >= 0.3 is 0 Å². The third-order valence-corrected chi connectivity index (χ3v) is 4.21. The van der Waals surface area contributed by atoms with E-state index < -0.39 is 0 Å². The molecule has 0 spiro atoms. The van der Waals surface area contributed by atoms with E-state index in [4.69, 9.17) is 17.3 Å². The van der Waals surface area contributed by atoms with Crippen LogP contribution in [0.2, 0.25) is 5.02 Å². The van der Waals surface area contributed by atoms with Gasteiger partial charge in [0.05, 0.1) is 0 Å². The molecule has 1 atom stereocenters. The average molecular weight is 296 g/mol. The molecule has 0 saturated carbocycles. The summed E-state index contributed by atoms with van der Waals surface area (Å²) in [7, 11) is 0. The van der Waals surface area contributed by atoms with Crippen molar-refractivity contribution in [2.24, 2.45) is 5.73 Å².